The molecule has 0 fully saturated rings. The van der Waals surface area contributed by atoms with E-state index in [9.17, 15) is 18.4 Å². The normalized spacial score (nSPS) is 10.4. The Morgan fingerprint density at radius 3 is 2.36 bits per heavy atom. The second-order valence-corrected chi connectivity index (χ2v) is 6.35. The molecule has 0 spiro atoms. The molecule has 1 amide bonds. The van der Waals surface area contributed by atoms with Crippen molar-refractivity contribution in [2.75, 3.05) is 18.9 Å². The van der Waals surface area contributed by atoms with Gasteiger partial charge in [0.05, 0.1) is 0 Å². The number of nitrogens with one attached hydrogen (secondary N) is 1. The van der Waals surface area contributed by atoms with E-state index in [0.717, 1.165) is 23.1 Å². The van der Waals surface area contributed by atoms with E-state index in [2.05, 4.69) is 10.1 Å². The molecule has 132 valence electrons. The van der Waals surface area contributed by atoms with Gasteiger partial charge in [0.15, 0.2) is 6.61 Å². The standard InChI is InChI=1S/C18H17F2NO3S/c1-12-5-7-13(8-6-12)25-10-9-21-16(22)11-24-18(23)17-14(19)3-2-4-15(17)20/h2-8H,9-11H2,1H3,(H,21,22). The number of rotatable bonds is 7. The zero-order valence-corrected chi connectivity index (χ0v) is 14.4. The first-order valence-electron chi connectivity index (χ1n) is 7.54. The summed E-state index contributed by atoms with van der Waals surface area (Å²) < 4.78 is 31.5. The van der Waals surface area contributed by atoms with Gasteiger partial charge in [0, 0.05) is 17.2 Å². The Hall–Kier alpha value is -2.41. The van der Waals surface area contributed by atoms with Gasteiger partial charge in [-0.15, -0.1) is 11.8 Å². The first-order chi connectivity index (χ1) is 12.0. The second kappa shape index (κ2) is 9.17. The average Bonchev–Trinajstić information content (AvgIpc) is 2.58. The highest BCUT2D eigenvalue weighted by atomic mass is 32.2. The zero-order chi connectivity index (χ0) is 18.2. The number of carbonyl (C=O) groups is 2. The van der Waals surface area contributed by atoms with Gasteiger partial charge in [0.1, 0.15) is 17.2 Å². The Balaban J connectivity index is 1.70. The van der Waals surface area contributed by atoms with E-state index in [1.54, 1.807) is 11.8 Å². The van der Waals surface area contributed by atoms with Crippen molar-refractivity contribution in [3.63, 3.8) is 0 Å². The number of amides is 1. The van der Waals surface area contributed by atoms with Gasteiger partial charge in [0.25, 0.3) is 5.91 Å². The Kier molecular flexibility index (Phi) is 6.94. The first-order valence-corrected chi connectivity index (χ1v) is 8.53. The predicted octanol–water partition coefficient (Wildman–Crippen LogP) is 3.34. The van der Waals surface area contributed by atoms with Crippen LogP contribution in [-0.2, 0) is 9.53 Å². The van der Waals surface area contributed by atoms with E-state index in [1.807, 2.05) is 31.2 Å². The number of hydrogen-bond acceptors (Lipinski definition) is 4. The van der Waals surface area contributed by atoms with Crippen LogP contribution in [0.5, 0.6) is 0 Å². The Labute approximate surface area is 148 Å². The molecule has 4 nitrogen and oxygen atoms in total. The van der Waals surface area contributed by atoms with E-state index >= 15 is 0 Å². The number of thioether (sulfide) groups is 1. The van der Waals surface area contributed by atoms with Crippen LogP contribution in [-0.4, -0.2) is 30.8 Å². The average molecular weight is 365 g/mol. The van der Waals surface area contributed by atoms with Crippen molar-refractivity contribution in [3.05, 3.63) is 65.2 Å². The largest absolute Gasteiger partial charge is 0.452 e. The predicted molar refractivity (Wildman–Crippen MR) is 91.6 cm³/mol. The fourth-order valence-electron chi connectivity index (χ4n) is 1.94. The number of ether oxygens (including phenoxy) is 1. The van der Waals surface area contributed by atoms with Crippen LogP contribution in [0.4, 0.5) is 8.78 Å². The maximum absolute atomic E-state index is 13.4. The molecule has 0 bridgehead atoms. The van der Waals surface area contributed by atoms with Crippen LogP contribution in [0.25, 0.3) is 0 Å². The van der Waals surface area contributed by atoms with Gasteiger partial charge in [-0.2, -0.15) is 0 Å². The Morgan fingerprint density at radius 1 is 1.08 bits per heavy atom. The summed E-state index contributed by atoms with van der Waals surface area (Å²) in [6, 6.07) is 11.0. The van der Waals surface area contributed by atoms with Gasteiger partial charge in [-0.05, 0) is 31.2 Å². The number of benzene rings is 2. The molecule has 0 aromatic heterocycles. The van der Waals surface area contributed by atoms with Crippen molar-refractivity contribution in [2.24, 2.45) is 0 Å². The molecule has 0 atom stereocenters. The molecule has 0 saturated heterocycles. The minimum absolute atomic E-state index is 0.378. The fraction of sp³-hybridized carbons (Fsp3) is 0.222. The van der Waals surface area contributed by atoms with E-state index < -0.39 is 35.7 Å². The highest BCUT2D eigenvalue weighted by Crippen LogP contribution is 2.17. The van der Waals surface area contributed by atoms with Crippen LogP contribution in [0.15, 0.2) is 47.4 Å². The van der Waals surface area contributed by atoms with Crippen molar-refractivity contribution in [1.29, 1.82) is 0 Å². The number of esters is 1. The molecule has 7 heteroatoms. The van der Waals surface area contributed by atoms with Crippen molar-refractivity contribution in [1.82, 2.24) is 5.32 Å². The summed E-state index contributed by atoms with van der Waals surface area (Å²) in [5, 5.41) is 2.58. The third kappa shape index (κ3) is 5.86. The smallest absolute Gasteiger partial charge is 0.344 e. The highest BCUT2D eigenvalue weighted by molar-refractivity contribution is 7.99. The SMILES string of the molecule is Cc1ccc(SCCNC(=O)COC(=O)c2c(F)cccc2F)cc1. The number of hydrogen-bond donors (Lipinski definition) is 1. The van der Waals surface area contributed by atoms with Crippen molar-refractivity contribution in [2.45, 2.75) is 11.8 Å². The van der Waals surface area contributed by atoms with Gasteiger partial charge in [-0.3, -0.25) is 4.79 Å². The molecule has 0 radical (unpaired) electrons. The second-order valence-electron chi connectivity index (χ2n) is 5.18. The van der Waals surface area contributed by atoms with Crippen molar-refractivity contribution < 1.29 is 23.1 Å². The fourth-order valence-corrected chi connectivity index (χ4v) is 2.71. The summed E-state index contributed by atoms with van der Waals surface area (Å²) in [5.74, 6) is -3.15. The van der Waals surface area contributed by atoms with Crippen molar-refractivity contribution in [3.8, 4) is 0 Å². The van der Waals surface area contributed by atoms with Crippen LogP contribution < -0.4 is 5.32 Å². The van der Waals surface area contributed by atoms with Gasteiger partial charge in [-0.1, -0.05) is 23.8 Å². The van der Waals surface area contributed by atoms with Gasteiger partial charge in [0.2, 0.25) is 0 Å². The molecular formula is C18H17F2NO3S. The summed E-state index contributed by atoms with van der Waals surface area (Å²) >= 11 is 1.57. The maximum atomic E-state index is 13.4. The minimum Gasteiger partial charge on any atom is -0.452 e. The Morgan fingerprint density at radius 2 is 1.72 bits per heavy atom. The highest BCUT2D eigenvalue weighted by Gasteiger charge is 2.19. The third-order valence-electron chi connectivity index (χ3n) is 3.22. The molecule has 0 aliphatic heterocycles. The maximum Gasteiger partial charge on any atom is 0.344 e. The number of aryl methyl sites for hydroxylation is 1. The lowest BCUT2D eigenvalue weighted by molar-refractivity contribution is -0.124. The lowest BCUT2D eigenvalue weighted by atomic mass is 10.2. The molecule has 2 aromatic rings. The van der Waals surface area contributed by atoms with Crippen LogP contribution in [0, 0.1) is 18.6 Å². The molecule has 0 aliphatic carbocycles. The summed E-state index contributed by atoms with van der Waals surface area (Å²) in [7, 11) is 0. The zero-order valence-electron chi connectivity index (χ0n) is 13.6. The quantitative estimate of drug-likeness (QED) is 0.465. The van der Waals surface area contributed by atoms with Crippen molar-refractivity contribution >= 4 is 23.6 Å². The monoisotopic (exact) mass is 365 g/mol. The molecule has 2 rings (SSSR count). The van der Waals surface area contributed by atoms with E-state index in [4.69, 9.17) is 0 Å². The van der Waals surface area contributed by atoms with E-state index in [-0.39, 0.29) is 0 Å². The number of carbonyl (C=O) groups excluding carboxylic acids is 2. The molecule has 1 N–H and O–H groups in total. The number of halogens is 2. The molecule has 0 aliphatic rings. The molecule has 0 heterocycles. The lowest BCUT2D eigenvalue weighted by Crippen LogP contribution is -2.30. The third-order valence-corrected chi connectivity index (χ3v) is 4.23. The summed E-state index contributed by atoms with van der Waals surface area (Å²) in [5.41, 5.74) is 0.371. The molecule has 0 saturated carbocycles. The van der Waals surface area contributed by atoms with E-state index in [1.165, 1.54) is 5.56 Å². The molecule has 0 unspecified atom stereocenters. The molecular weight excluding hydrogens is 348 g/mol. The summed E-state index contributed by atoms with van der Waals surface area (Å²) in [4.78, 5) is 24.4. The van der Waals surface area contributed by atoms with Crippen LogP contribution in [0.2, 0.25) is 0 Å². The van der Waals surface area contributed by atoms with Crippen LogP contribution >= 0.6 is 11.8 Å². The van der Waals surface area contributed by atoms with Gasteiger partial charge < -0.3 is 10.1 Å². The topological polar surface area (TPSA) is 55.4 Å². The molecule has 2 aromatic carbocycles. The van der Waals surface area contributed by atoms with Gasteiger partial charge in [-0.25, -0.2) is 13.6 Å². The first kappa shape index (κ1) is 18.9. The minimum atomic E-state index is -1.21. The lowest BCUT2D eigenvalue weighted by Gasteiger charge is -2.08. The van der Waals surface area contributed by atoms with Crippen LogP contribution in [0.1, 0.15) is 15.9 Å². The molecule has 25 heavy (non-hydrogen) atoms. The summed E-state index contributed by atoms with van der Waals surface area (Å²) in [6.45, 7) is 1.79. The van der Waals surface area contributed by atoms with Crippen LogP contribution in [0.3, 0.4) is 0 Å². The van der Waals surface area contributed by atoms with E-state index in [0.29, 0.717) is 12.3 Å². The summed E-state index contributed by atoms with van der Waals surface area (Å²) in [6.07, 6.45) is 0. The Bertz CT molecular complexity index is 730. The van der Waals surface area contributed by atoms with Gasteiger partial charge >= 0.3 is 5.97 Å².